The summed E-state index contributed by atoms with van der Waals surface area (Å²) in [6, 6.07) is 9.41. The molecule has 0 radical (unpaired) electrons. The molecule has 6 nitrogen and oxygen atoms in total. The van der Waals surface area contributed by atoms with Crippen LogP contribution in [0.3, 0.4) is 0 Å². The van der Waals surface area contributed by atoms with E-state index in [4.69, 9.17) is 4.74 Å². The zero-order valence-corrected chi connectivity index (χ0v) is 13.9. The van der Waals surface area contributed by atoms with E-state index >= 15 is 0 Å². The first-order valence-electron chi connectivity index (χ1n) is 8.51. The zero-order chi connectivity index (χ0) is 16.5. The van der Waals surface area contributed by atoms with Gasteiger partial charge in [-0.25, -0.2) is 4.68 Å². The second kappa shape index (κ2) is 6.36. The third-order valence-corrected chi connectivity index (χ3v) is 4.82. The highest BCUT2D eigenvalue weighted by atomic mass is 16.5. The fraction of sp³-hybridized carbons (Fsp3) is 0.500. The highest BCUT2D eigenvalue weighted by Gasteiger charge is 2.34. The van der Waals surface area contributed by atoms with Crippen LogP contribution in [-0.2, 0) is 17.8 Å². The zero-order valence-electron chi connectivity index (χ0n) is 13.9. The van der Waals surface area contributed by atoms with Crippen LogP contribution in [0.25, 0.3) is 0 Å². The van der Waals surface area contributed by atoms with E-state index in [1.54, 1.807) is 7.11 Å². The van der Waals surface area contributed by atoms with Crippen LogP contribution in [0.5, 0.6) is 0 Å². The molecular weight excluding hydrogens is 304 g/mol. The lowest BCUT2D eigenvalue weighted by molar-refractivity contribution is 0.0672. The average Bonchev–Trinajstić information content (AvgIpc) is 3.34. The molecule has 1 amide bonds. The van der Waals surface area contributed by atoms with Gasteiger partial charge < -0.3 is 9.64 Å². The van der Waals surface area contributed by atoms with Gasteiger partial charge in [-0.2, -0.15) is 0 Å². The first kappa shape index (κ1) is 15.3. The van der Waals surface area contributed by atoms with Gasteiger partial charge in [0, 0.05) is 31.7 Å². The van der Waals surface area contributed by atoms with Gasteiger partial charge in [-0.15, -0.1) is 5.10 Å². The van der Waals surface area contributed by atoms with Crippen molar-refractivity contribution in [1.82, 2.24) is 19.9 Å². The van der Waals surface area contributed by atoms with Crippen molar-refractivity contribution in [2.24, 2.45) is 5.92 Å². The molecule has 0 bridgehead atoms. The van der Waals surface area contributed by atoms with Crippen molar-refractivity contribution in [3.8, 4) is 0 Å². The molecule has 24 heavy (non-hydrogen) atoms. The number of carbonyl (C=O) groups excluding carboxylic acids is 1. The number of aromatic nitrogens is 3. The normalized spacial score (nSPS) is 20.0. The number of methoxy groups -OCH3 is 1. The minimum Gasteiger partial charge on any atom is -0.384 e. The van der Waals surface area contributed by atoms with E-state index in [1.807, 2.05) is 39.9 Å². The smallest absolute Gasteiger partial charge is 0.254 e. The molecule has 1 aromatic carbocycles. The molecule has 1 aromatic heterocycles. The molecule has 0 unspecified atom stereocenters. The molecular formula is C18H22N4O2. The van der Waals surface area contributed by atoms with Crippen LogP contribution >= 0.6 is 0 Å². The molecule has 1 atom stereocenters. The Morgan fingerprint density at radius 2 is 2.08 bits per heavy atom. The topological polar surface area (TPSA) is 60.2 Å². The quantitative estimate of drug-likeness (QED) is 0.844. The molecule has 0 N–H and O–H groups in total. The van der Waals surface area contributed by atoms with E-state index in [0.717, 1.165) is 23.9 Å². The Morgan fingerprint density at radius 1 is 1.29 bits per heavy atom. The predicted molar refractivity (Wildman–Crippen MR) is 88.5 cm³/mol. The van der Waals surface area contributed by atoms with Crippen LogP contribution in [0, 0.1) is 5.92 Å². The third kappa shape index (κ3) is 2.94. The summed E-state index contributed by atoms with van der Waals surface area (Å²) in [4.78, 5) is 14.6. The molecule has 1 saturated carbocycles. The molecule has 1 fully saturated rings. The number of carbonyl (C=O) groups is 1. The van der Waals surface area contributed by atoms with Crippen LogP contribution < -0.4 is 0 Å². The molecule has 4 rings (SSSR count). The molecule has 1 aliphatic heterocycles. The maximum atomic E-state index is 12.8. The summed E-state index contributed by atoms with van der Waals surface area (Å²) in [6.45, 7) is 2.68. The fourth-order valence-electron chi connectivity index (χ4n) is 3.44. The van der Waals surface area contributed by atoms with Crippen molar-refractivity contribution in [2.45, 2.75) is 31.8 Å². The molecule has 126 valence electrons. The van der Waals surface area contributed by atoms with Crippen molar-refractivity contribution in [3.05, 3.63) is 47.3 Å². The van der Waals surface area contributed by atoms with Crippen LogP contribution in [0.4, 0.5) is 0 Å². The third-order valence-electron chi connectivity index (χ3n) is 4.82. The van der Waals surface area contributed by atoms with Crippen LogP contribution in [-0.4, -0.2) is 46.1 Å². The number of rotatable bonds is 5. The minimum atomic E-state index is 0.0408. The number of amides is 1. The highest BCUT2D eigenvalue weighted by Crippen LogP contribution is 2.34. The monoisotopic (exact) mass is 326 g/mol. The van der Waals surface area contributed by atoms with Crippen LogP contribution in [0.15, 0.2) is 30.3 Å². The lowest BCUT2D eigenvalue weighted by Gasteiger charge is -2.32. The number of nitrogens with zero attached hydrogens (tertiary/aromatic N) is 4. The lowest BCUT2D eigenvalue weighted by Crippen LogP contribution is -2.40. The van der Waals surface area contributed by atoms with Gasteiger partial charge in [-0.1, -0.05) is 23.4 Å². The van der Waals surface area contributed by atoms with Gasteiger partial charge in [0.05, 0.1) is 18.8 Å². The van der Waals surface area contributed by atoms with Crippen molar-refractivity contribution >= 4 is 5.91 Å². The number of ether oxygens (including phenoxy) is 1. The average molecular weight is 326 g/mol. The first-order chi connectivity index (χ1) is 11.8. The Bertz CT molecular complexity index is 724. The summed E-state index contributed by atoms with van der Waals surface area (Å²) in [7, 11) is 1.70. The van der Waals surface area contributed by atoms with Crippen molar-refractivity contribution in [2.75, 3.05) is 20.3 Å². The lowest BCUT2D eigenvalue weighted by atomic mass is 9.98. The molecule has 2 heterocycles. The fourth-order valence-corrected chi connectivity index (χ4v) is 3.44. The standard InChI is InChI=1S/C18H22N4O2/c1-24-12-15-10-21(18(23)14-5-3-2-4-6-14)11-16-17(15)22(20-19-16)9-13-7-8-13/h2-6,13,15H,7-12H2,1H3/t15-/m0/s1. The van der Waals surface area contributed by atoms with Crippen molar-refractivity contribution in [1.29, 1.82) is 0 Å². The first-order valence-corrected chi connectivity index (χ1v) is 8.51. The number of benzene rings is 1. The number of hydrogen-bond donors (Lipinski definition) is 0. The summed E-state index contributed by atoms with van der Waals surface area (Å²) in [5.41, 5.74) is 2.77. The molecule has 0 saturated heterocycles. The van der Waals surface area contributed by atoms with E-state index in [-0.39, 0.29) is 11.8 Å². The van der Waals surface area contributed by atoms with Gasteiger partial charge in [0.2, 0.25) is 0 Å². The van der Waals surface area contributed by atoms with Gasteiger partial charge >= 0.3 is 0 Å². The number of hydrogen-bond acceptors (Lipinski definition) is 4. The molecule has 6 heteroatoms. The summed E-state index contributed by atoms with van der Waals surface area (Å²) in [5, 5.41) is 8.71. The van der Waals surface area contributed by atoms with Crippen molar-refractivity contribution < 1.29 is 9.53 Å². The maximum Gasteiger partial charge on any atom is 0.254 e. The van der Waals surface area contributed by atoms with Crippen molar-refractivity contribution in [3.63, 3.8) is 0 Å². The highest BCUT2D eigenvalue weighted by molar-refractivity contribution is 5.94. The van der Waals surface area contributed by atoms with E-state index < -0.39 is 0 Å². The van der Waals surface area contributed by atoms with Gasteiger partial charge in [0.25, 0.3) is 5.91 Å². The second-order valence-corrected chi connectivity index (χ2v) is 6.75. The van der Waals surface area contributed by atoms with Crippen LogP contribution in [0.1, 0.15) is 40.5 Å². The Labute approximate surface area is 141 Å². The predicted octanol–water partition coefficient (Wildman–Crippen LogP) is 2.07. The van der Waals surface area contributed by atoms with Gasteiger partial charge in [-0.3, -0.25) is 4.79 Å². The Kier molecular flexibility index (Phi) is 4.06. The summed E-state index contributed by atoms with van der Waals surface area (Å²) < 4.78 is 7.45. The summed E-state index contributed by atoms with van der Waals surface area (Å²) >= 11 is 0. The van der Waals surface area contributed by atoms with E-state index in [9.17, 15) is 4.79 Å². The second-order valence-electron chi connectivity index (χ2n) is 6.75. The largest absolute Gasteiger partial charge is 0.384 e. The van der Waals surface area contributed by atoms with E-state index in [2.05, 4.69) is 10.3 Å². The Balaban J connectivity index is 1.60. The van der Waals surface area contributed by atoms with E-state index in [0.29, 0.717) is 25.3 Å². The summed E-state index contributed by atoms with van der Waals surface area (Å²) in [6.07, 6.45) is 2.56. The maximum absolute atomic E-state index is 12.8. The van der Waals surface area contributed by atoms with Gasteiger partial charge in [0.15, 0.2) is 0 Å². The molecule has 0 spiro atoms. The Hall–Kier alpha value is -2.21. The molecule has 2 aromatic rings. The summed E-state index contributed by atoms with van der Waals surface area (Å²) in [5.74, 6) is 0.905. The van der Waals surface area contributed by atoms with Gasteiger partial charge in [-0.05, 0) is 30.9 Å². The van der Waals surface area contributed by atoms with E-state index in [1.165, 1.54) is 12.8 Å². The molecule has 1 aliphatic carbocycles. The van der Waals surface area contributed by atoms with Gasteiger partial charge in [0.1, 0.15) is 5.69 Å². The Morgan fingerprint density at radius 3 is 2.79 bits per heavy atom. The minimum absolute atomic E-state index is 0.0408. The number of fused-ring (bicyclic) bond motifs is 1. The molecule has 2 aliphatic rings. The van der Waals surface area contributed by atoms with Crippen LogP contribution in [0.2, 0.25) is 0 Å². The SMILES string of the molecule is COC[C@@H]1CN(C(=O)c2ccccc2)Cc2nnn(CC3CC3)c21.